The Hall–Kier alpha value is -1.53. The van der Waals surface area contributed by atoms with Gasteiger partial charge in [0.1, 0.15) is 0 Å². The molecule has 1 aromatic heterocycles. The Morgan fingerprint density at radius 1 is 1.52 bits per heavy atom. The van der Waals surface area contributed by atoms with Crippen LogP contribution >= 0.6 is 0 Å². The van der Waals surface area contributed by atoms with Crippen LogP contribution in [0.25, 0.3) is 0 Å². The summed E-state index contributed by atoms with van der Waals surface area (Å²) < 4.78 is 0. The number of nitrogens with one attached hydrogen (secondary N) is 1. The number of aromatic nitrogens is 2. The van der Waals surface area contributed by atoms with E-state index >= 15 is 0 Å². The van der Waals surface area contributed by atoms with E-state index in [0.29, 0.717) is 11.6 Å². The van der Waals surface area contributed by atoms with E-state index in [4.69, 9.17) is 5.11 Å². The molecule has 0 unspecified atom stereocenters. The maximum atomic E-state index is 12.2. The van der Waals surface area contributed by atoms with E-state index in [1.165, 1.54) is 0 Å². The SMILES string of the molecule is CCC[C@H]1CN(CCCO)C[C@@H]1NC(=O)c1cccnn1. The molecule has 1 aliphatic heterocycles. The average molecular weight is 292 g/mol. The van der Waals surface area contributed by atoms with E-state index in [2.05, 4.69) is 27.3 Å². The molecule has 0 aliphatic carbocycles. The summed E-state index contributed by atoms with van der Waals surface area (Å²) in [5.74, 6) is 0.313. The third-order valence-electron chi connectivity index (χ3n) is 3.93. The number of aliphatic hydroxyl groups excluding tert-OH is 1. The minimum Gasteiger partial charge on any atom is -0.396 e. The van der Waals surface area contributed by atoms with Crippen molar-refractivity contribution in [3.63, 3.8) is 0 Å². The average Bonchev–Trinajstić information content (AvgIpc) is 2.88. The highest BCUT2D eigenvalue weighted by Gasteiger charge is 2.33. The molecule has 1 saturated heterocycles. The standard InChI is InChI=1S/C15H24N4O2/c1-2-5-12-10-19(8-4-9-20)11-14(12)17-15(21)13-6-3-7-16-18-13/h3,6-7,12,14,20H,2,4-5,8-11H2,1H3,(H,17,21)/t12-,14-/m0/s1. The highest BCUT2D eigenvalue weighted by atomic mass is 16.3. The van der Waals surface area contributed by atoms with Gasteiger partial charge in [0.05, 0.1) is 0 Å². The van der Waals surface area contributed by atoms with Crippen molar-refractivity contribution in [2.75, 3.05) is 26.2 Å². The van der Waals surface area contributed by atoms with Gasteiger partial charge in [-0.2, -0.15) is 5.10 Å². The summed E-state index contributed by atoms with van der Waals surface area (Å²) >= 11 is 0. The molecule has 2 rings (SSSR count). The minimum absolute atomic E-state index is 0.151. The van der Waals surface area contributed by atoms with Crippen molar-refractivity contribution in [2.45, 2.75) is 32.2 Å². The molecule has 1 aliphatic rings. The monoisotopic (exact) mass is 292 g/mol. The predicted molar refractivity (Wildman–Crippen MR) is 79.8 cm³/mol. The van der Waals surface area contributed by atoms with E-state index in [1.807, 2.05) is 0 Å². The first-order valence-electron chi connectivity index (χ1n) is 7.66. The van der Waals surface area contributed by atoms with Crippen molar-refractivity contribution in [2.24, 2.45) is 5.92 Å². The summed E-state index contributed by atoms with van der Waals surface area (Å²) in [4.78, 5) is 14.5. The number of nitrogens with zero attached hydrogens (tertiary/aromatic N) is 3. The maximum absolute atomic E-state index is 12.2. The largest absolute Gasteiger partial charge is 0.396 e. The van der Waals surface area contributed by atoms with Crippen molar-refractivity contribution in [1.29, 1.82) is 0 Å². The van der Waals surface area contributed by atoms with Gasteiger partial charge in [-0.25, -0.2) is 0 Å². The molecule has 2 atom stereocenters. The lowest BCUT2D eigenvalue weighted by Gasteiger charge is -2.18. The van der Waals surface area contributed by atoms with Crippen LogP contribution in [-0.4, -0.2) is 58.4 Å². The maximum Gasteiger partial charge on any atom is 0.272 e. The zero-order valence-corrected chi connectivity index (χ0v) is 12.5. The van der Waals surface area contributed by atoms with Crippen LogP contribution in [0.4, 0.5) is 0 Å². The molecule has 0 saturated carbocycles. The summed E-state index contributed by atoms with van der Waals surface area (Å²) in [5.41, 5.74) is 0.363. The van der Waals surface area contributed by atoms with Gasteiger partial charge in [-0.1, -0.05) is 13.3 Å². The number of likely N-dealkylation sites (tertiary alicyclic amines) is 1. The van der Waals surface area contributed by atoms with Crippen LogP contribution in [0.3, 0.4) is 0 Å². The zero-order valence-electron chi connectivity index (χ0n) is 12.5. The Morgan fingerprint density at radius 3 is 3.05 bits per heavy atom. The summed E-state index contributed by atoms with van der Waals surface area (Å²) in [6.07, 6.45) is 4.55. The van der Waals surface area contributed by atoms with E-state index in [0.717, 1.165) is 38.9 Å². The molecule has 116 valence electrons. The Labute approximate surface area is 125 Å². The minimum atomic E-state index is -0.154. The lowest BCUT2D eigenvalue weighted by atomic mass is 9.98. The smallest absolute Gasteiger partial charge is 0.272 e. The van der Waals surface area contributed by atoms with Crippen LogP contribution in [0.1, 0.15) is 36.7 Å². The molecular weight excluding hydrogens is 268 g/mol. The molecule has 21 heavy (non-hydrogen) atoms. The van der Waals surface area contributed by atoms with Gasteiger partial charge in [0.25, 0.3) is 5.91 Å². The molecule has 0 aromatic carbocycles. The first-order valence-corrected chi connectivity index (χ1v) is 7.66. The van der Waals surface area contributed by atoms with Crippen LogP contribution in [-0.2, 0) is 0 Å². The molecule has 0 spiro atoms. The van der Waals surface area contributed by atoms with Gasteiger partial charge in [0.2, 0.25) is 0 Å². The second-order valence-corrected chi connectivity index (χ2v) is 5.57. The fourth-order valence-electron chi connectivity index (χ4n) is 2.93. The topological polar surface area (TPSA) is 78.4 Å². The van der Waals surface area contributed by atoms with Crippen LogP contribution < -0.4 is 5.32 Å². The lowest BCUT2D eigenvalue weighted by molar-refractivity contribution is 0.0922. The van der Waals surface area contributed by atoms with Crippen molar-refractivity contribution in [3.8, 4) is 0 Å². The van der Waals surface area contributed by atoms with Crippen LogP contribution in [0, 0.1) is 5.92 Å². The second kappa shape index (κ2) is 8.05. The number of rotatable bonds is 7. The Balaban J connectivity index is 1.94. The second-order valence-electron chi connectivity index (χ2n) is 5.57. The number of aliphatic hydroxyl groups is 1. The molecule has 0 bridgehead atoms. The highest BCUT2D eigenvalue weighted by molar-refractivity contribution is 5.92. The summed E-state index contributed by atoms with van der Waals surface area (Å²) in [6, 6.07) is 3.54. The predicted octanol–water partition coefficient (Wildman–Crippen LogP) is 0.689. The van der Waals surface area contributed by atoms with Crippen molar-refractivity contribution in [1.82, 2.24) is 20.4 Å². The van der Waals surface area contributed by atoms with Crippen molar-refractivity contribution in [3.05, 3.63) is 24.0 Å². The summed E-state index contributed by atoms with van der Waals surface area (Å²) in [6.45, 7) is 5.09. The molecule has 6 heteroatoms. The summed E-state index contributed by atoms with van der Waals surface area (Å²) in [7, 11) is 0. The van der Waals surface area contributed by atoms with E-state index < -0.39 is 0 Å². The molecule has 2 N–H and O–H groups in total. The Bertz CT molecular complexity index is 441. The molecule has 6 nitrogen and oxygen atoms in total. The van der Waals surface area contributed by atoms with Crippen LogP contribution in [0.5, 0.6) is 0 Å². The van der Waals surface area contributed by atoms with Crippen molar-refractivity contribution < 1.29 is 9.90 Å². The zero-order chi connectivity index (χ0) is 15.1. The van der Waals surface area contributed by atoms with Gasteiger partial charge >= 0.3 is 0 Å². The molecular formula is C15H24N4O2. The van der Waals surface area contributed by atoms with E-state index in [9.17, 15) is 4.79 Å². The molecule has 1 amide bonds. The van der Waals surface area contributed by atoms with Crippen molar-refractivity contribution >= 4 is 5.91 Å². The quantitative estimate of drug-likeness (QED) is 0.773. The van der Waals surface area contributed by atoms with Gasteiger partial charge in [0, 0.05) is 38.5 Å². The first-order chi connectivity index (χ1) is 10.2. The first kappa shape index (κ1) is 15.9. The Morgan fingerprint density at radius 2 is 2.38 bits per heavy atom. The van der Waals surface area contributed by atoms with Gasteiger partial charge < -0.3 is 15.3 Å². The number of hydrogen-bond acceptors (Lipinski definition) is 5. The lowest BCUT2D eigenvalue weighted by Crippen LogP contribution is -2.41. The van der Waals surface area contributed by atoms with E-state index in [1.54, 1.807) is 18.3 Å². The fourth-order valence-corrected chi connectivity index (χ4v) is 2.93. The highest BCUT2D eigenvalue weighted by Crippen LogP contribution is 2.22. The third kappa shape index (κ3) is 4.47. The van der Waals surface area contributed by atoms with Gasteiger partial charge in [-0.05, 0) is 30.9 Å². The van der Waals surface area contributed by atoms with E-state index in [-0.39, 0.29) is 18.6 Å². The number of amides is 1. The number of carbonyl (C=O) groups excluding carboxylic acids is 1. The Kier molecular flexibility index (Phi) is 6.07. The van der Waals surface area contributed by atoms with Crippen LogP contribution in [0.2, 0.25) is 0 Å². The molecule has 2 heterocycles. The third-order valence-corrected chi connectivity index (χ3v) is 3.93. The number of carbonyl (C=O) groups is 1. The normalized spacial score (nSPS) is 22.4. The molecule has 0 radical (unpaired) electrons. The van der Waals surface area contributed by atoms with Gasteiger partial charge in [-0.3, -0.25) is 4.79 Å². The molecule has 1 aromatic rings. The van der Waals surface area contributed by atoms with Gasteiger partial charge in [-0.15, -0.1) is 5.10 Å². The van der Waals surface area contributed by atoms with Gasteiger partial charge in [0.15, 0.2) is 5.69 Å². The fraction of sp³-hybridized carbons (Fsp3) is 0.667. The molecule has 1 fully saturated rings. The number of hydrogen-bond donors (Lipinski definition) is 2. The summed E-state index contributed by atoms with van der Waals surface area (Å²) in [5, 5.41) is 19.6. The van der Waals surface area contributed by atoms with Crippen LogP contribution in [0.15, 0.2) is 18.3 Å².